The largest absolute Gasteiger partial charge is 0.368 e. The minimum atomic E-state index is -0.231. The first-order chi connectivity index (χ1) is 12.7. The number of amides is 2. The van der Waals surface area contributed by atoms with Crippen LogP contribution in [-0.2, 0) is 0 Å². The number of thiophene rings is 1. The molecule has 3 aromatic rings. The van der Waals surface area contributed by atoms with Gasteiger partial charge in [0, 0.05) is 25.4 Å². The van der Waals surface area contributed by atoms with Crippen LogP contribution in [0.4, 0.5) is 27.2 Å². The Bertz CT molecular complexity index is 840. The van der Waals surface area contributed by atoms with Crippen molar-refractivity contribution in [1.82, 2.24) is 20.3 Å². The number of aryl methyl sites for hydroxylation is 1. The lowest BCUT2D eigenvalue weighted by Crippen LogP contribution is -2.32. The van der Waals surface area contributed by atoms with E-state index in [2.05, 4.69) is 36.2 Å². The number of nitrogens with zero attached hydrogens (tertiary/aromatic N) is 3. The van der Waals surface area contributed by atoms with Gasteiger partial charge in [-0.1, -0.05) is 6.07 Å². The van der Waals surface area contributed by atoms with Crippen LogP contribution in [0.1, 0.15) is 5.82 Å². The number of carbonyl (C=O) groups is 1. The van der Waals surface area contributed by atoms with Crippen molar-refractivity contribution in [3.63, 3.8) is 0 Å². The molecule has 0 saturated heterocycles. The summed E-state index contributed by atoms with van der Waals surface area (Å²) in [6.45, 7) is 2.82. The van der Waals surface area contributed by atoms with Crippen molar-refractivity contribution < 1.29 is 4.79 Å². The Labute approximate surface area is 155 Å². The molecule has 4 N–H and O–H groups in total. The number of pyridine rings is 1. The van der Waals surface area contributed by atoms with Crippen LogP contribution in [0.5, 0.6) is 0 Å². The molecule has 8 nitrogen and oxygen atoms in total. The van der Waals surface area contributed by atoms with E-state index in [-0.39, 0.29) is 6.03 Å². The first-order valence-electron chi connectivity index (χ1n) is 8.05. The zero-order valence-electron chi connectivity index (χ0n) is 14.2. The smallest absolute Gasteiger partial charge is 0.319 e. The molecule has 0 aliphatic carbocycles. The highest BCUT2D eigenvalue weighted by molar-refractivity contribution is 7.14. The molecule has 3 rings (SSSR count). The van der Waals surface area contributed by atoms with E-state index in [1.54, 1.807) is 12.3 Å². The fourth-order valence-corrected chi connectivity index (χ4v) is 2.78. The molecule has 0 radical (unpaired) electrons. The highest BCUT2D eigenvalue weighted by Crippen LogP contribution is 2.15. The van der Waals surface area contributed by atoms with Gasteiger partial charge in [-0.25, -0.2) is 19.7 Å². The summed E-state index contributed by atoms with van der Waals surface area (Å²) in [6, 6.07) is 10.9. The van der Waals surface area contributed by atoms with E-state index >= 15 is 0 Å². The maximum atomic E-state index is 11.7. The SMILES string of the molecule is Cc1nc(NCCNC(=O)Nc2cccs2)cc(Nc2ccccn2)n1. The van der Waals surface area contributed by atoms with Gasteiger partial charge in [0.05, 0.1) is 5.00 Å². The summed E-state index contributed by atoms with van der Waals surface area (Å²) in [6.07, 6.45) is 1.71. The molecule has 0 aromatic carbocycles. The zero-order valence-corrected chi connectivity index (χ0v) is 15.0. The predicted octanol–water partition coefficient (Wildman–Crippen LogP) is 3.22. The number of urea groups is 1. The van der Waals surface area contributed by atoms with E-state index in [1.807, 2.05) is 42.6 Å². The minimum Gasteiger partial charge on any atom is -0.368 e. The Balaban J connectivity index is 1.47. The van der Waals surface area contributed by atoms with Gasteiger partial charge in [0.2, 0.25) is 0 Å². The van der Waals surface area contributed by atoms with Gasteiger partial charge in [0.1, 0.15) is 23.3 Å². The fourth-order valence-electron chi connectivity index (χ4n) is 2.16. The van der Waals surface area contributed by atoms with E-state index < -0.39 is 0 Å². The third kappa shape index (κ3) is 5.42. The molecule has 0 atom stereocenters. The van der Waals surface area contributed by atoms with Crippen molar-refractivity contribution >= 4 is 39.8 Å². The lowest BCUT2D eigenvalue weighted by atomic mass is 10.4. The second-order valence-electron chi connectivity index (χ2n) is 5.31. The second-order valence-corrected chi connectivity index (χ2v) is 6.26. The molecular weight excluding hydrogens is 350 g/mol. The van der Waals surface area contributed by atoms with Gasteiger partial charge in [-0.15, -0.1) is 11.3 Å². The Morgan fingerprint density at radius 2 is 1.96 bits per heavy atom. The van der Waals surface area contributed by atoms with Crippen molar-refractivity contribution in [2.75, 3.05) is 29.0 Å². The van der Waals surface area contributed by atoms with Gasteiger partial charge in [0.25, 0.3) is 0 Å². The van der Waals surface area contributed by atoms with Crippen LogP contribution >= 0.6 is 11.3 Å². The second kappa shape index (κ2) is 8.77. The molecule has 0 saturated carbocycles. The molecule has 0 aliphatic rings. The highest BCUT2D eigenvalue weighted by Gasteiger charge is 2.04. The first-order valence-corrected chi connectivity index (χ1v) is 8.93. The summed E-state index contributed by atoms with van der Waals surface area (Å²) >= 11 is 1.47. The minimum absolute atomic E-state index is 0.231. The van der Waals surface area contributed by atoms with E-state index in [1.165, 1.54) is 11.3 Å². The predicted molar refractivity (Wildman–Crippen MR) is 104 cm³/mol. The lowest BCUT2D eigenvalue weighted by molar-refractivity contribution is 0.252. The number of anilines is 4. The lowest BCUT2D eigenvalue weighted by Gasteiger charge is -2.10. The number of aromatic nitrogens is 3. The molecule has 2 amide bonds. The maximum absolute atomic E-state index is 11.7. The standard InChI is InChI=1S/C17H19N7OS/c1-12-21-14(11-15(22-12)23-13-5-2-3-7-18-13)19-8-9-20-17(25)24-16-6-4-10-26-16/h2-7,10-11H,8-9H2,1H3,(H2,20,24,25)(H2,18,19,21,22,23). The Morgan fingerprint density at radius 3 is 2.73 bits per heavy atom. The van der Waals surface area contributed by atoms with E-state index in [9.17, 15) is 4.79 Å². The van der Waals surface area contributed by atoms with Crippen LogP contribution in [0.3, 0.4) is 0 Å². The summed E-state index contributed by atoms with van der Waals surface area (Å²) in [4.78, 5) is 24.7. The monoisotopic (exact) mass is 369 g/mol. The quantitative estimate of drug-likeness (QED) is 0.477. The number of hydrogen-bond donors (Lipinski definition) is 4. The number of hydrogen-bond acceptors (Lipinski definition) is 7. The molecule has 0 fully saturated rings. The van der Waals surface area contributed by atoms with Gasteiger partial charge in [0.15, 0.2) is 0 Å². The third-order valence-electron chi connectivity index (χ3n) is 3.23. The van der Waals surface area contributed by atoms with Crippen LogP contribution in [0.25, 0.3) is 0 Å². The van der Waals surface area contributed by atoms with E-state index in [0.29, 0.717) is 36.4 Å². The van der Waals surface area contributed by atoms with E-state index in [4.69, 9.17) is 0 Å². The van der Waals surface area contributed by atoms with Crippen LogP contribution in [0.15, 0.2) is 48.0 Å². The van der Waals surface area contributed by atoms with Gasteiger partial charge in [-0.2, -0.15) is 0 Å². The summed E-state index contributed by atoms with van der Waals surface area (Å²) in [5.74, 6) is 2.68. The van der Waals surface area contributed by atoms with E-state index in [0.717, 1.165) is 5.00 Å². The Hall–Kier alpha value is -3.20. The Kier molecular flexibility index (Phi) is 5.94. The van der Waals surface area contributed by atoms with Gasteiger partial charge >= 0.3 is 6.03 Å². The molecule has 9 heteroatoms. The third-order valence-corrected chi connectivity index (χ3v) is 4.02. The molecule has 26 heavy (non-hydrogen) atoms. The normalized spacial score (nSPS) is 10.2. The molecular formula is C17H19N7OS. The number of carbonyl (C=O) groups excluding carboxylic acids is 1. The van der Waals surface area contributed by atoms with Gasteiger partial charge < -0.3 is 16.0 Å². The average Bonchev–Trinajstić information content (AvgIpc) is 3.12. The highest BCUT2D eigenvalue weighted by atomic mass is 32.1. The molecule has 0 spiro atoms. The topological polar surface area (TPSA) is 104 Å². The summed E-state index contributed by atoms with van der Waals surface area (Å²) in [5.41, 5.74) is 0. The van der Waals surface area contributed by atoms with Crippen molar-refractivity contribution in [3.8, 4) is 0 Å². The van der Waals surface area contributed by atoms with Crippen molar-refractivity contribution in [2.24, 2.45) is 0 Å². The molecule has 0 aliphatic heterocycles. The van der Waals surface area contributed by atoms with Crippen LogP contribution in [-0.4, -0.2) is 34.1 Å². The average molecular weight is 369 g/mol. The fraction of sp³-hybridized carbons (Fsp3) is 0.176. The zero-order chi connectivity index (χ0) is 18.2. The Morgan fingerprint density at radius 1 is 1.08 bits per heavy atom. The van der Waals surface area contributed by atoms with Gasteiger partial charge in [-0.3, -0.25) is 5.32 Å². The van der Waals surface area contributed by atoms with Crippen LogP contribution in [0, 0.1) is 6.92 Å². The molecule has 3 heterocycles. The molecule has 0 unspecified atom stereocenters. The van der Waals surface area contributed by atoms with Crippen molar-refractivity contribution in [3.05, 3.63) is 53.8 Å². The summed E-state index contributed by atoms with van der Waals surface area (Å²) < 4.78 is 0. The summed E-state index contributed by atoms with van der Waals surface area (Å²) in [7, 11) is 0. The van der Waals surface area contributed by atoms with Crippen molar-refractivity contribution in [1.29, 1.82) is 0 Å². The summed E-state index contributed by atoms with van der Waals surface area (Å²) in [5, 5.41) is 14.6. The van der Waals surface area contributed by atoms with Crippen LogP contribution < -0.4 is 21.3 Å². The van der Waals surface area contributed by atoms with Gasteiger partial charge in [-0.05, 0) is 36.6 Å². The van der Waals surface area contributed by atoms with Crippen molar-refractivity contribution in [2.45, 2.75) is 6.92 Å². The molecule has 134 valence electrons. The first kappa shape index (κ1) is 17.6. The van der Waals surface area contributed by atoms with Crippen LogP contribution in [0.2, 0.25) is 0 Å². The molecule has 3 aromatic heterocycles. The number of rotatable bonds is 7. The molecule has 0 bridgehead atoms. The maximum Gasteiger partial charge on any atom is 0.319 e. The number of nitrogens with one attached hydrogen (secondary N) is 4.